The lowest BCUT2D eigenvalue weighted by atomic mass is 10.2. The molecule has 0 unspecified atom stereocenters. The molecule has 18 heavy (non-hydrogen) atoms. The van der Waals surface area contributed by atoms with Crippen molar-refractivity contribution in [1.82, 2.24) is 0 Å². The zero-order valence-corrected chi connectivity index (χ0v) is 11.0. The highest BCUT2D eigenvalue weighted by atomic mass is 32.2. The van der Waals surface area contributed by atoms with Gasteiger partial charge in [0.15, 0.2) is 0 Å². The Morgan fingerprint density at radius 1 is 0.944 bits per heavy atom. The molecule has 2 N–H and O–H groups in total. The lowest BCUT2D eigenvalue weighted by Gasteiger charge is -2.09. The van der Waals surface area contributed by atoms with Gasteiger partial charge in [0.1, 0.15) is 4.99 Å². The lowest BCUT2D eigenvalue weighted by molar-refractivity contribution is 0.596. The van der Waals surface area contributed by atoms with Crippen LogP contribution in [0, 0.1) is 0 Å². The summed E-state index contributed by atoms with van der Waals surface area (Å²) in [5.74, 6) is 0. The summed E-state index contributed by atoms with van der Waals surface area (Å²) < 4.78 is 24.9. The Morgan fingerprint density at radius 2 is 1.50 bits per heavy atom. The van der Waals surface area contributed by atoms with Gasteiger partial charge in [-0.25, -0.2) is 8.42 Å². The van der Waals surface area contributed by atoms with Crippen LogP contribution < -0.4 is 5.73 Å². The van der Waals surface area contributed by atoms with Crippen molar-refractivity contribution in [3.05, 3.63) is 60.2 Å². The van der Waals surface area contributed by atoms with Crippen LogP contribution in [0.5, 0.6) is 0 Å². The molecule has 3 nitrogen and oxygen atoms in total. The highest BCUT2D eigenvalue weighted by molar-refractivity contribution is 7.91. The minimum atomic E-state index is -3.58. The maximum absolute atomic E-state index is 12.4. The average Bonchev–Trinajstić information content (AvgIpc) is 2.39. The zero-order valence-electron chi connectivity index (χ0n) is 9.41. The summed E-state index contributed by atoms with van der Waals surface area (Å²) in [5, 5.41) is 0. The highest BCUT2D eigenvalue weighted by Crippen LogP contribution is 2.23. The Balaban J connectivity index is 2.66. The number of benzene rings is 2. The molecular formula is C13H11NO2S2. The van der Waals surface area contributed by atoms with E-state index in [-0.39, 0.29) is 14.8 Å². The number of hydrogen-bond acceptors (Lipinski definition) is 3. The molecule has 0 spiro atoms. The van der Waals surface area contributed by atoms with Gasteiger partial charge in [-0.05, 0) is 18.2 Å². The first-order valence-corrected chi connectivity index (χ1v) is 7.11. The summed E-state index contributed by atoms with van der Waals surface area (Å²) in [6, 6.07) is 14.7. The first-order valence-electron chi connectivity index (χ1n) is 5.22. The summed E-state index contributed by atoms with van der Waals surface area (Å²) in [4.78, 5) is 0.447. The average molecular weight is 277 g/mol. The molecule has 0 atom stereocenters. The third-order valence-corrected chi connectivity index (χ3v) is 4.54. The van der Waals surface area contributed by atoms with E-state index >= 15 is 0 Å². The predicted octanol–water partition coefficient (Wildman–Crippen LogP) is 2.15. The van der Waals surface area contributed by atoms with E-state index in [1.807, 2.05) is 0 Å². The van der Waals surface area contributed by atoms with Gasteiger partial charge in [0.25, 0.3) is 0 Å². The van der Waals surface area contributed by atoms with Crippen molar-refractivity contribution in [2.75, 3.05) is 0 Å². The Labute approximate surface area is 111 Å². The summed E-state index contributed by atoms with van der Waals surface area (Å²) in [7, 11) is -3.58. The fraction of sp³-hybridized carbons (Fsp3) is 0. The van der Waals surface area contributed by atoms with E-state index in [1.165, 1.54) is 6.07 Å². The van der Waals surface area contributed by atoms with Crippen molar-refractivity contribution in [2.45, 2.75) is 9.79 Å². The number of rotatable bonds is 3. The molecule has 0 aliphatic rings. The monoisotopic (exact) mass is 277 g/mol. The van der Waals surface area contributed by atoms with Crippen LogP contribution in [0.1, 0.15) is 5.56 Å². The smallest absolute Gasteiger partial charge is 0.207 e. The van der Waals surface area contributed by atoms with Crippen LogP contribution in [0.4, 0.5) is 0 Å². The van der Waals surface area contributed by atoms with Crippen LogP contribution >= 0.6 is 12.2 Å². The van der Waals surface area contributed by atoms with Crippen molar-refractivity contribution < 1.29 is 8.42 Å². The Bertz CT molecular complexity index is 679. The SMILES string of the molecule is NC(=S)c1ccccc1S(=O)(=O)c1ccccc1. The largest absolute Gasteiger partial charge is 0.389 e. The van der Waals surface area contributed by atoms with Gasteiger partial charge in [-0.2, -0.15) is 0 Å². The van der Waals surface area contributed by atoms with Gasteiger partial charge in [-0.3, -0.25) is 0 Å². The maximum Gasteiger partial charge on any atom is 0.207 e. The van der Waals surface area contributed by atoms with Crippen LogP contribution in [-0.2, 0) is 9.84 Å². The molecule has 0 aliphatic carbocycles. The molecule has 0 heterocycles. The molecule has 2 aromatic carbocycles. The van der Waals surface area contributed by atoms with Crippen LogP contribution in [0.25, 0.3) is 0 Å². The quantitative estimate of drug-likeness (QED) is 0.873. The van der Waals surface area contributed by atoms with Crippen LogP contribution in [-0.4, -0.2) is 13.4 Å². The third-order valence-electron chi connectivity index (χ3n) is 2.50. The molecule has 0 bridgehead atoms. The Hall–Kier alpha value is -1.72. The summed E-state index contributed by atoms with van der Waals surface area (Å²) in [6.07, 6.45) is 0. The van der Waals surface area contributed by atoms with Gasteiger partial charge < -0.3 is 5.73 Å². The fourth-order valence-electron chi connectivity index (χ4n) is 1.63. The topological polar surface area (TPSA) is 60.2 Å². The molecule has 2 aromatic rings. The second kappa shape index (κ2) is 4.88. The number of nitrogens with two attached hydrogens (primary N) is 1. The standard InChI is InChI=1S/C13H11NO2S2/c14-13(17)11-8-4-5-9-12(11)18(15,16)10-6-2-1-3-7-10/h1-9H,(H2,14,17). The van der Waals surface area contributed by atoms with Crippen LogP contribution in [0.15, 0.2) is 64.4 Å². The van der Waals surface area contributed by atoms with E-state index < -0.39 is 9.84 Å². The van der Waals surface area contributed by atoms with Crippen LogP contribution in [0.2, 0.25) is 0 Å². The molecule has 2 rings (SSSR count). The number of sulfone groups is 1. The van der Waals surface area contributed by atoms with E-state index in [2.05, 4.69) is 0 Å². The van der Waals surface area contributed by atoms with Crippen molar-refractivity contribution in [3.63, 3.8) is 0 Å². The van der Waals surface area contributed by atoms with Gasteiger partial charge in [0, 0.05) is 5.56 Å². The fourth-order valence-corrected chi connectivity index (χ4v) is 3.37. The second-order valence-electron chi connectivity index (χ2n) is 3.68. The molecular weight excluding hydrogens is 266 g/mol. The van der Waals surface area contributed by atoms with Crippen molar-refractivity contribution in [2.24, 2.45) is 5.73 Å². The van der Waals surface area contributed by atoms with E-state index in [1.54, 1.807) is 48.5 Å². The minimum absolute atomic E-state index is 0.0742. The lowest BCUT2D eigenvalue weighted by Crippen LogP contribution is -2.15. The van der Waals surface area contributed by atoms with Gasteiger partial charge in [-0.1, -0.05) is 48.6 Å². The molecule has 0 fully saturated rings. The van der Waals surface area contributed by atoms with Gasteiger partial charge in [-0.15, -0.1) is 0 Å². The van der Waals surface area contributed by atoms with Crippen LogP contribution in [0.3, 0.4) is 0 Å². The molecule has 0 aliphatic heterocycles. The normalized spacial score (nSPS) is 11.1. The van der Waals surface area contributed by atoms with Gasteiger partial charge in [0.05, 0.1) is 9.79 Å². The van der Waals surface area contributed by atoms with E-state index in [0.29, 0.717) is 5.56 Å². The summed E-state index contributed by atoms with van der Waals surface area (Å²) in [5.41, 5.74) is 5.93. The molecule has 0 saturated heterocycles. The Morgan fingerprint density at radius 3 is 2.11 bits per heavy atom. The van der Waals surface area contributed by atoms with Crippen molar-refractivity contribution in [3.8, 4) is 0 Å². The first kappa shape index (κ1) is 12.7. The molecule has 0 aromatic heterocycles. The molecule has 0 amide bonds. The predicted molar refractivity (Wildman–Crippen MR) is 74.2 cm³/mol. The van der Waals surface area contributed by atoms with Crippen molar-refractivity contribution in [1.29, 1.82) is 0 Å². The zero-order chi connectivity index (χ0) is 13.2. The summed E-state index contributed by atoms with van der Waals surface area (Å²) in [6.45, 7) is 0. The third kappa shape index (κ3) is 2.27. The molecule has 92 valence electrons. The maximum atomic E-state index is 12.4. The number of hydrogen-bond donors (Lipinski definition) is 1. The van der Waals surface area contributed by atoms with E-state index in [4.69, 9.17) is 18.0 Å². The van der Waals surface area contributed by atoms with Gasteiger partial charge in [0.2, 0.25) is 9.84 Å². The molecule has 0 saturated carbocycles. The summed E-state index contributed by atoms with van der Waals surface area (Å²) >= 11 is 4.88. The number of thiocarbonyl (C=S) groups is 1. The van der Waals surface area contributed by atoms with Gasteiger partial charge >= 0.3 is 0 Å². The van der Waals surface area contributed by atoms with E-state index in [0.717, 1.165) is 0 Å². The van der Waals surface area contributed by atoms with Crippen molar-refractivity contribution >= 4 is 27.0 Å². The molecule has 0 radical (unpaired) electrons. The molecule has 5 heteroatoms. The Kier molecular flexibility index (Phi) is 3.45. The second-order valence-corrected chi connectivity index (χ2v) is 6.03. The highest BCUT2D eigenvalue weighted by Gasteiger charge is 2.21. The van der Waals surface area contributed by atoms with E-state index in [9.17, 15) is 8.42 Å². The minimum Gasteiger partial charge on any atom is -0.389 e. The first-order chi connectivity index (χ1) is 8.53.